The molecule has 0 spiro atoms. The number of carboxylic acids is 1. The number of hydrogen-bond acceptors (Lipinski definition) is 6. The number of ether oxygens (including phenoxy) is 1. The van der Waals surface area contributed by atoms with Gasteiger partial charge in [0.2, 0.25) is 0 Å². The molecule has 0 aliphatic heterocycles. The SMILES string of the molecule is COC(=O)C(N)CC(N[C@@H](C=O)CC(=O)O)C1C(C)CCC1C. The van der Waals surface area contributed by atoms with E-state index < -0.39 is 24.0 Å². The highest BCUT2D eigenvalue weighted by Gasteiger charge is 2.38. The van der Waals surface area contributed by atoms with Gasteiger partial charge in [-0.1, -0.05) is 26.7 Å². The lowest BCUT2D eigenvalue weighted by molar-refractivity contribution is -0.143. The van der Waals surface area contributed by atoms with Crippen LogP contribution >= 0.6 is 0 Å². The third kappa shape index (κ3) is 5.58. The van der Waals surface area contributed by atoms with Gasteiger partial charge >= 0.3 is 11.9 Å². The molecule has 7 nitrogen and oxygen atoms in total. The fraction of sp³-hybridized carbons (Fsp3) is 0.812. The van der Waals surface area contributed by atoms with Gasteiger partial charge in [-0.05, 0) is 24.2 Å². The molecule has 0 aromatic heterocycles. The van der Waals surface area contributed by atoms with Crippen molar-refractivity contribution >= 4 is 18.2 Å². The summed E-state index contributed by atoms with van der Waals surface area (Å²) < 4.78 is 4.67. The van der Waals surface area contributed by atoms with Gasteiger partial charge < -0.3 is 25.7 Å². The van der Waals surface area contributed by atoms with Crippen LogP contribution in [0.1, 0.15) is 39.5 Å². The van der Waals surface area contributed by atoms with Gasteiger partial charge in [-0.15, -0.1) is 0 Å². The van der Waals surface area contributed by atoms with Crippen LogP contribution in [0, 0.1) is 17.8 Å². The molecule has 23 heavy (non-hydrogen) atoms. The van der Waals surface area contributed by atoms with E-state index in [0.29, 0.717) is 24.5 Å². The smallest absolute Gasteiger partial charge is 0.322 e. The molecule has 1 aliphatic rings. The molecule has 0 amide bonds. The second-order valence-electron chi connectivity index (χ2n) is 6.59. The Bertz CT molecular complexity index is 419. The average molecular weight is 328 g/mol. The molecule has 0 saturated heterocycles. The number of esters is 1. The Balaban J connectivity index is 2.88. The summed E-state index contributed by atoms with van der Waals surface area (Å²) in [6, 6.07) is -1.79. The van der Waals surface area contributed by atoms with Gasteiger partial charge in [-0.25, -0.2) is 0 Å². The van der Waals surface area contributed by atoms with E-state index in [1.807, 2.05) is 0 Å². The first kappa shape index (κ1) is 19.6. The number of carbonyl (C=O) groups excluding carboxylic acids is 2. The number of carbonyl (C=O) groups is 3. The quantitative estimate of drug-likeness (QED) is 0.418. The summed E-state index contributed by atoms with van der Waals surface area (Å²) in [6.07, 6.45) is 2.78. The summed E-state index contributed by atoms with van der Waals surface area (Å²) in [7, 11) is 1.28. The topological polar surface area (TPSA) is 119 Å². The Labute approximate surface area is 136 Å². The van der Waals surface area contributed by atoms with E-state index in [4.69, 9.17) is 10.8 Å². The first-order valence-electron chi connectivity index (χ1n) is 8.06. The Kier molecular flexibility index (Phi) is 7.64. The van der Waals surface area contributed by atoms with Crippen molar-refractivity contribution in [3.63, 3.8) is 0 Å². The molecule has 5 atom stereocenters. The number of nitrogens with one attached hydrogen (secondary N) is 1. The maximum atomic E-state index is 11.6. The highest BCUT2D eigenvalue weighted by atomic mass is 16.5. The van der Waals surface area contributed by atoms with Gasteiger partial charge in [0.05, 0.1) is 19.6 Å². The highest BCUT2D eigenvalue weighted by molar-refractivity contribution is 5.75. The minimum atomic E-state index is -1.04. The molecule has 1 rings (SSSR count). The van der Waals surface area contributed by atoms with Crippen LogP contribution in [0.5, 0.6) is 0 Å². The van der Waals surface area contributed by atoms with E-state index in [0.717, 1.165) is 12.8 Å². The number of carboxylic acid groups (broad SMARTS) is 1. The van der Waals surface area contributed by atoms with Gasteiger partial charge in [0.25, 0.3) is 0 Å². The van der Waals surface area contributed by atoms with Crippen LogP contribution in [0.2, 0.25) is 0 Å². The standard InChI is InChI=1S/C16H28N2O5/c1-9-4-5-10(2)15(9)13(7-12(17)16(22)23-3)18-11(8-19)6-14(20)21/h8-13,15,18H,4-7,17H2,1-3H3,(H,20,21)/t9?,10?,11-,12?,13?,15?/m1/s1. The molecule has 1 fully saturated rings. The molecule has 1 aliphatic carbocycles. The van der Waals surface area contributed by atoms with E-state index in [-0.39, 0.29) is 18.4 Å². The number of hydrogen-bond donors (Lipinski definition) is 3. The predicted octanol–water partition coefficient (Wildman–Crippen LogP) is 0.559. The van der Waals surface area contributed by atoms with Crippen molar-refractivity contribution in [1.29, 1.82) is 0 Å². The monoisotopic (exact) mass is 328 g/mol. The van der Waals surface area contributed by atoms with Crippen molar-refractivity contribution in [1.82, 2.24) is 5.32 Å². The van der Waals surface area contributed by atoms with Crippen molar-refractivity contribution in [2.75, 3.05) is 7.11 Å². The summed E-state index contributed by atoms with van der Waals surface area (Å²) in [5.41, 5.74) is 5.89. The zero-order chi connectivity index (χ0) is 17.6. The lowest BCUT2D eigenvalue weighted by Crippen LogP contribution is -2.50. The molecule has 0 bridgehead atoms. The van der Waals surface area contributed by atoms with Crippen LogP contribution in [0.15, 0.2) is 0 Å². The van der Waals surface area contributed by atoms with Crippen LogP contribution in [-0.4, -0.2) is 48.6 Å². The number of aldehydes is 1. The Morgan fingerprint density at radius 3 is 2.35 bits per heavy atom. The number of methoxy groups -OCH3 is 1. The lowest BCUT2D eigenvalue weighted by Gasteiger charge is -2.34. The average Bonchev–Trinajstić information content (AvgIpc) is 2.83. The minimum absolute atomic E-state index is 0.203. The molecule has 4 unspecified atom stereocenters. The van der Waals surface area contributed by atoms with Crippen molar-refractivity contribution in [2.45, 2.75) is 57.7 Å². The number of nitrogens with two attached hydrogens (primary N) is 1. The maximum absolute atomic E-state index is 11.6. The van der Waals surface area contributed by atoms with Crippen LogP contribution < -0.4 is 11.1 Å². The van der Waals surface area contributed by atoms with Crippen molar-refractivity contribution in [3.8, 4) is 0 Å². The lowest BCUT2D eigenvalue weighted by atomic mass is 9.81. The third-order valence-corrected chi connectivity index (χ3v) is 4.85. The van der Waals surface area contributed by atoms with Gasteiger partial charge in [-0.3, -0.25) is 9.59 Å². The summed E-state index contributed by atoms with van der Waals surface area (Å²) >= 11 is 0. The second kappa shape index (κ2) is 8.98. The summed E-state index contributed by atoms with van der Waals surface area (Å²) in [4.78, 5) is 33.7. The van der Waals surface area contributed by atoms with E-state index in [2.05, 4.69) is 23.9 Å². The fourth-order valence-corrected chi connectivity index (χ4v) is 3.73. The molecular formula is C16H28N2O5. The first-order chi connectivity index (χ1) is 10.8. The largest absolute Gasteiger partial charge is 0.481 e. The van der Waals surface area contributed by atoms with Gasteiger partial charge in [-0.2, -0.15) is 0 Å². The van der Waals surface area contributed by atoms with E-state index in [9.17, 15) is 14.4 Å². The molecule has 1 saturated carbocycles. The van der Waals surface area contributed by atoms with Gasteiger partial charge in [0.15, 0.2) is 0 Å². The van der Waals surface area contributed by atoms with Crippen molar-refractivity contribution < 1.29 is 24.2 Å². The second-order valence-corrected chi connectivity index (χ2v) is 6.59. The molecule has 0 radical (unpaired) electrons. The van der Waals surface area contributed by atoms with Crippen LogP contribution in [0.4, 0.5) is 0 Å². The highest BCUT2D eigenvalue weighted by Crippen LogP contribution is 2.39. The summed E-state index contributed by atoms with van der Waals surface area (Å²) in [5.74, 6) is -0.468. The third-order valence-electron chi connectivity index (χ3n) is 4.85. The van der Waals surface area contributed by atoms with E-state index >= 15 is 0 Å². The zero-order valence-corrected chi connectivity index (χ0v) is 14.0. The van der Waals surface area contributed by atoms with Crippen molar-refractivity contribution in [2.24, 2.45) is 23.5 Å². The van der Waals surface area contributed by atoms with Crippen LogP contribution in [0.25, 0.3) is 0 Å². The molecule has 0 aromatic carbocycles. The fourth-order valence-electron chi connectivity index (χ4n) is 3.73. The molecule has 7 heteroatoms. The predicted molar refractivity (Wildman–Crippen MR) is 84.7 cm³/mol. The Morgan fingerprint density at radius 2 is 1.91 bits per heavy atom. The molecule has 0 aromatic rings. The number of rotatable bonds is 9. The minimum Gasteiger partial charge on any atom is -0.481 e. The molecular weight excluding hydrogens is 300 g/mol. The first-order valence-corrected chi connectivity index (χ1v) is 8.06. The Morgan fingerprint density at radius 1 is 1.35 bits per heavy atom. The van der Waals surface area contributed by atoms with Crippen molar-refractivity contribution in [3.05, 3.63) is 0 Å². The van der Waals surface area contributed by atoms with Crippen LogP contribution in [-0.2, 0) is 19.1 Å². The Hall–Kier alpha value is -1.47. The van der Waals surface area contributed by atoms with E-state index in [1.165, 1.54) is 7.11 Å². The maximum Gasteiger partial charge on any atom is 0.322 e. The molecule has 132 valence electrons. The van der Waals surface area contributed by atoms with E-state index in [1.54, 1.807) is 0 Å². The zero-order valence-electron chi connectivity index (χ0n) is 14.0. The summed E-state index contributed by atoms with van der Waals surface area (Å²) in [6.45, 7) is 4.28. The van der Waals surface area contributed by atoms with Gasteiger partial charge in [0, 0.05) is 6.04 Å². The normalized spacial score (nSPS) is 27.9. The summed E-state index contributed by atoms with van der Waals surface area (Å²) in [5, 5.41) is 12.0. The van der Waals surface area contributed by atoms with Crippen LogP contribution in [0.3, 0.4) is 0 Å². The molecule has 0 heterocycles. The number of aliphatic carboxylic acids is 1. The molecule has 4 N–H and O–H groups in total. The van der Waals surface area contributed by atoms with Gasteiger partial charge in [0.1, 0.15) is 12.3 Å².